The summed E-state index contributed by atoms with van der Waals surface area (Å²) in [5.74, 6) is 1.17. The van der Waals surface area contributed by atoms with E-state index in [0.29, 0.717) is 36.4 Å². The van der Waals surface area contributed by atoms with Crippen LogP contribution in [0.15, 0.2) is 23.1 Å². The van der Waals surface area contributed by atoms with E-state index in [1.54, 1.807) is 10.4 Å². The summed E-state index contributed by atoms with van der Waals surface area (Å²) < 4.78 is 27.6. The van der Waals surface area contributed by atoms with Gasteiger partial charge in [-0.1, -0.05) is 18.6 Å². The summed E-state index contributed by atoms with van der Waals surface area (Å²) in [6, 6.07) is 5.59. The van der Waals surface area contributed by atoms with Crippen molar-refractivity contribution in [3.05, 3.63) is 29.3 Å². The van der Waals surface area contributed by atoms with E-state index in [1.165, 1.54) is 19.3 Å². The van der Waals surface area contributed by atoms with Crippen LogP contribution in [0.25, 0.3) is 0 Å². The maximum atomic E-state index is 12.9. The van der Waals surface area contributed by atoms with Gasteiger partial charge in [-0.3, -0.25) is 0 Å². The Morgan fingerprint density at radius 3 is 2.52 bits per heavy atom. The molecule has 1 N–H and O–H groups in total. The fourth-order valence-electron chi connectivity index (χ4n) is 3.85. The zero-order valence-corrected chi connectivity index (χ0v) is 13.6. The molecule has 1 aliphatic carbocycles. The first-order valence-corrected chi connectivity index (χ1v) is 9.21. The highest BCUT2D eigenvalue weighted by molar-refractivity contribution is 7.89. The minimum absolute atomic E-state index is 0.482. The van der Waals surface area contributed by atoms with E-state index in [4.69, 9.17) is 0 Å². The van der Waals surface area contributed by atoms with Crippen LogP contribution < -0.4 is 5.32 Å². The smallest absolute Gasteiger partial charge is 0.243 e. The summed E-state index contributed by atoms with van der Waals surface area (Å²) in [4.78, 5) is 0.482. The van der Waals surface area contributed by atoms with Crippen molar-refractivity contribution in [2.75, 3.05) is 20.1 Å². The number of hydrogen-bond donors (Lipinski definition) is 1. The summed E-state index contributed by atoms with van der Waals surface area (Å²) in [6.45, 7) is 4.03. The van der Waals surface area contributed by atoms with Crippen molar-refractivity contribution in [3.63, 3.8) is 0 Å². The van der Waals surface area contributed by atoms with Crippen LogP contribution in [-0.2, 0) is 16.6 Å². The predicted octanol–water partition coefficient (Wildman–Crippen LogP) is 2.14. The lowest BCUT2D eigenvalue weighted by Gasteiger charge is -2.20. The molecule has 1 saturated carbocycles. The fourth-order valence-corrected chi connectivity index (χ4v) is 5.67. The first-order valence-electron chi connectivity index (χ1n) is 7.77. The maximum Gasteiger partial charge on any atom is 0.243 e. The monoisotopic (exact) mass is 308 g/mol. The molecular formula is C16H24N2O2S. The van der Waals surface area contributed by atoms with Crippen molar-refractivity contribution in [2.24, 2.45) is 11.8 Å². The molecule has 4 nitrogen and oxygen atoms in total. The number of nitrogens with one attached hydrogen (secondary N) is 1. The second-order valence-corrected chi connectivity index (χ2v) is 8.25. The van der Waals surface area contributed by atoms with Crippen molar-refractivity contribution in [1.29, 1.82) is 0 Å². The Morgan fingerprint density at radius 1 is 1.24 bits per heavy atom. The van der Waals surface area contributed by atoms with Gasteiger partial charge in [0.05, 0.1) is 4.90 Å². The maximum absolute atomic E-state index is 12.9. The number of nitrogens with zero attached hydrogens (tertiary/aromatic N) is 1. The highest BCUT2D eigenvalue weighted by Gasteiger charge is 2.41. The highest BCUT2D eigenvalue weighted by atomic mass is 32.2. The van der Waals surface area contributed by atoms with E-state index in [1.807, 2.05) is 26.1 Å². The van der Waals surface area contributed by atoms with Crippen LogP contribution in [0, 0.1) is 18.8 Å². The summed E-state index contributed by atoms with van der Waals surface area (Å²) in [5, 5.41) is 3.10. The molecule has 116 valence electrons. The minimum atomic E-state index is -3.35. The molecule has 2 atom stereocenters. The Balaban J connectivity index is 1.90. The van der Waals surface area contributed by atoms with Gasteiger partial charge in [0, 0.05) is 19.6 Å². The quantitative estimate of drug-likeness (QED) is 0.927. The van der Waals surface area contributed by atoms with Crippen LogP contribution >= 0.6 is 0 Å². The predicted molar refractivity (Wildman–Crippen MR) is 83.5 cm³/mol. The van der Waals surface area contributed by atoms with Gasteiger partial charge in [0.1, 0.15) is 0 Å². The van der Waals surface area contributed by atoms with E-state index >= 15 is 0 Å². The lowest BCUT2D eigenvalue weighted by atomic mass is 10.0. The van der Waals surface area contributed by atoms with Crippen LogP contribution in [-0.4, -0.2) is 32.9 Å². The highest BCUT2D eigenvalue weighted by Crippen LogP contribution is 2.40. The molecule has 1 saturated heterocycles. The van der Waals surface area contributed by atoms with Crippen LogP contribution in [0.3, 0.4) is 0 Å². The molecule has 21 heavy (non-hydrogen) atoms. The number of benzene rings is 1. The fraction of sp³-hybridized carbons (Fsp3) is 0.625. The molecule has 0 aromatic heterocycles. The largest absolute Gasteiger partial charge is 0.316 e. The summed E-state index contributed by atoms with van der Waals surface area (Å²) >= 11 is 0. The molecule has 2 fully saturated rings. The van der Waals surface area contributed by atoms with Gasteiger partial charge >= 0.3 is 0 Å². The third-order valence-electron chi connectivity index (χ3n) is 5.07. The molecule has 0 spiro atoms. The average molecular weight is 308 g/mol. The van der Waals surface area contributed by atoms with Gasteiger partial charge < -0.3 is 5.32 Å². The first kappa shape index (κ1) is 15.0. The Bertz CT molecular complexity index is 615. The summed E-state index contributed by atoms with van der Waals surface area (Å²) in [6.07, 6.45) is 3.64. The molecular weight excluding hydrogens is 284 g/mol. The van der Waals surface area contributed by atoms with E-state index < -0.39 is 10.0 Å². The molecule has 3 rings (SSSR count). The molecule has 0 amide bonds. The Morgan fingerprint density at radius 2 is 1.90 bits per heavy atom. The standard InChI is InChI=1S/C16H24N2O2S/c1-12-13(9-17-2)5-4-8-16(12)21(19,20)18-10-14-6-3-7-15(14)11-18/h4-5,8,14-15,17H,3,6-7,9-11H2,1-2H3. The van der Waals surface area contributed by atoms with Gasteiger partial charge in [-0.2, -0.15) is 4.31 Å². The molecule has 5 heteroatoms. The van der Waals surface area contributed by atoms with E-state index in [2.05, 4.69) is 5.32 Å². The van der Waals surface area contributed by atoms with Gasteiger partial charge in [0.2, 0.25) is 10.0 Å². The first-order chi connectivity index (χ1) is 10.0. The lowest BCUT2D eigenvalue weighted by molar-refractivity contribution is 0.445. The number of rotatable bonds is 4. The summed E-state index contributed by atoms with van der Waals surface area (Å²) in [7, 11) is -1.47. The molecule has 2 aliphatic rings. The second kappa shape index (κ2) is 5.71. The molecule has 1 heterocycles. The zero-order chi connectivity index (χ0) is 15.0. The SMILES string of the molecule is CNCc1cccc(S(=O)(=O)N2CC3CCCC3C2)c1C. The van der Waals surface area contributed by atoms with E-state index in [0.717, 1.165) is 11.1 Å². The Hall–Kier alpha value is -0.910. The number of fused-ring (bicyclic) bond motifs is 1. The molecule has 1 aromatic carbocycles. The lowest BCUT2D eigenvalue weighted by Crippen LogP contribution is -2.30. The molecule has 2 unspecified atom stereocenters. The van der Waals surface area contributed by atoms with Crippen molar-refractivity contribution >= 4 is 10.0 Å². The minimum Gasteiger partial charge on any atom is -0.316 e. The van der Waals surface area contributed by atoms with Crippen molar-refractivity contribution in [3.8, 4) is 0 Å². The van der Waals surface area contributed by atoms with Crippen molar-refractivity contribution in [2.45, 2.75) is 37.6 Å². The molecule has 0 bridgehead atoms. The van der Waals surface area contributed by atoms with Crippen molar-refractivity contribution in [1.82, 2.24) is 9.62 Å². The number of hydrogen-bond acceptors (Lipinski definition) is 3. The van der Waals surface area contributed by atoms with Crippen LogP contribution in [0.2, 0.25) is 0 Å². The van der Waals surface area contributed by atoms with Gasteiger partial charge in [-0.05, 0) is 55.8 Å². The van der Waals surface area contributed by atoms with Crippen LogP contribution in [0.1, 0.15) is 30.4 Å². The van der Waals surface area contributed by atoms with Crippen molar-refractivity contribution < 1.29 is 8.42 Å². The third-order valence-corrected chi connectivity index (χ3v) is 7.05. The normalized spacial score (nSPS) is 26.2. The van der Waals surface area contributed by atoms with Crippen LogP contribution in [0.4, 0.5) is 0 Å². The Kier molecular flexibility index (Phi) is 4.08. The summed E-state index contributed by atoms with van der Waals surface area (Å²) in [5.41, 5.74) is 1.93. The van der Waals surface area contributed by atoms with E-state index in [9.17, 15) is 8.42 Å². The van der Waals surface area contributed by atoms with Gasteiger partial charge in [-0.15, -0.1) is 0 Å². The number of sulfonamides is 1. The van der Waals surface area contributed by atoms with Gasteiger partial charge in [0.15, 0.2) is 0 Å². The zero-order valence-electron chi connectivity index (χ0n) is 12.8. The van der Waals surface area contributed by atoms with Gasteiger partial charge in [-0.25, -0.2) is 8.42 Å². The average Bonchev–Trinajstić information content (AvgIpc) is 3.02. The second-order valence-electron chi connectivity index (χ2n) is 6.34. The van der Waals surface area contributed by atoms with Crippen LogP contribution in [0.5, 0.6) is 0 Å². The molecule has 1 aromatic rings. The Labute approximate surface area is 127 Å². The van der Waals surface area contributed by atoms with E-state index in [-0.39, 0.29) is 0 Å². The molecule has 0 radical (unpaired) electrons. The van der Waals surface area contributed by atoms with Gasteiger partial charge in [0.25, 0.3) is 0 Å². The topological polar surface area (TPSA) is 49.4 Å². The third kappa shape index (κ3) is 2.62. The molecule has 1 aliphatic heterocycles.